The van der Waals surface area contributed by atoms with Gasteiger partial charge in [0.2, 0.25) is 17.7 Å². The summed E-state index contributed by atoms with van der Waals surface area (Å²) in [5.41, 5.74) is 5.19. The number of carbonyl (C=O) groups is 5. The molecule has 0 aromatic heterocycles. The normalized spacial score (nSPS) is 13.1. The van der Waals surface area contributed by atoms with Crippen molar-refractivity contribution in [3.05, 3.63) is 35.9 Å². The maximum Gasteiger partial charge on any atom is 0.408 e. The molecule has 0 fully saturated rings. The highest BCUT2D eigenvalue weighted by Gasteiger charge is 2.37. The summed E-state index contributed by atoms with van der Waals surface area (Å²) in [6.07, 6.45) is 1.41. The molecule has 0 aliphatic carbocycles. The van der Waals surface area contributed by atoms with Crippen LogP contribution in [-0.4, -0.2) is 71.5 Å². The van der Waals surface area contributed by atoms with E-state index in [1.807, 2.05) is 38.2 Å². The summed E-state index contributed by atoms with van der Waals surface area (Å²) in [5.74, 6) is -2.40. The number of hydrazine groups is 1. The van der Waals surface area contributed by atoms with Crippen molar-refractivity contribution in [1.82, 2.24) is 26.0 Å². The number of alkyl carbamates (subject to hydrolysis) is 1. The summed E-state index contributed by atoms with van der Waals surface area (Å²) in [6, 6.07) is 6.01. The monoisotopic (exact) mass is 587 g/mol. The van der Waals surface area contributed by atoms with E-state index < -0.39 is 53.3 Å². The zero-order valence-corrected chi connectivity index (χ0v) is 25.6. The molecule has 3 unspecified atom stereocenters. The van der Waals surface area contributed by atoms with Crippen molar-refractivity contribution in [1.29, 1.82) is 5.26 Å². The van der Waals surface area contributed by atoms with E-state index in [4.69, 9.17) is 10.5 Å². The van der Waals surface area contributed by atoms with Gasteiger partial charge in [-0.3, -0.25) is 19.2 Å². The first-order valence-corrected chi connectivity index (χ1v) is 13.9. The first-order valence-electron chi connectivity index (χ1n) is 13.9. The third kappa shape index (κ3) is 12.0. The molecular weight excluding hydrogens is 542 g/mol. The average molecular weight is 588 g/mol. The molecular formula is C29H45N7O6. The molecule has 0 saturated heterocycles. The third-order valence-electron chi connectivity index (χ3n) is 6.33. The molecule has 13 heteroatoms. The molecule has 0 bridgehead atoms. The van der Waals surface area contributed by atoms with Crippen LogP contribution in [0.2, 0.25) is 0 Å². The zero-order chi connectivity index (χ0) is 32.0. The van der Waals surface area contributed by atoms with Gasteiger partial charge < -0.3 is 26.4 Å². The van der Waals surface area contributed by atoms with E-state index in [2.05, 4.69) is 16.0 Å². The predicted octanol–water partition coefficient (Wildman–Crippen LogP) is 1.79. The van der Waals surface area contributed by atoms with Crippen molar-refractivity contribution >= 4 is 29.7 Å². The zero-order valence-electron chi connectivity index (χ0n) is 25.6. The van der Waals surface area contributed by atoms with Gasteiger partial charge in [0.05, 0.1) is 6.54 Å². The van der Waals surface area contributed by atoms with E-state index in [9.17, 15) is 29.2 Å². The maximum atomic E-state index is 13.5. The third-order valence-corrected chi connectivity index (χ3v) is 6.33. The Morgan fingerprint density at radius 1 is 1.00 bits per heavy atom. The Balaban J connectivity index is 3.01. The lowest BCUT2D eigenvalue weighted by Crippen LogP contribution is -2.61. The fourth-order valence-corrected chi connectivity index (χ4v) is 3.95. The van der Waals surface area contributed by atoms with Crippen LogP contribution in [0.25, 0.3) is 0 Å². The molecule has 13 nitrogen and oxygen atoms in total. The Morgan fingerprint density at radius 3 is 2.12 bits per heavy atom. The number of nitriles is 1. The van der Waals surface area contributed by atoms with E-state index in [0.29, 0.717) is 0 Å². The molecule has 0 saturated carbocycles. The number of amides is 5. The van der Waals surface area contributed by atoms with Crippen LogP contribution in [0.3, 0.4) is 0 Å². The fourth-order valence-electron chi connectivity index (χ4n) is 3.95. The molecule has 0 radical (unpaired) electrons. The van der Waals surface area contributed by atoms with Crippen molar-refractivity contribution in [3.63, 3.8) is 0 Å². The number of nitrogens with zero attached hydrogens (tertiary/aromatic N) is 3. The van der Waals surface area contributed by atoms with Crippen LogP contribution in [0.5, 0.6) is 0 Å². The number of likely N-dealkylation sites (N-methyl/N-ethyl adjacent to an activating group) is 1. The molecule has 3 atom stereocenters. The molecule has 0 aliphatic rings. The Labute approximate surface area is 248 Å². The molecule has 5 N–H and O–H groups in total. The summed E-state index contributed by atoms with van der Waals surface area (Å²) in [6.45, 7) is 10.7. The SMILES string of the molecule is CCC(NC(=O)OCc1ccccc1)C(=O)NC(C(=O)NC(CC(C)C)C(=O)N(C)N(C#N)CCC(N)=O)C(C)(C)C. The van der Waals surface area contributed by atoms with Crippen molar-refractivity contribution in [3.8, 4) is 6.19 Å². The Hall–Kier alpha value is -4.34. The lowest BCUT2D eigenvalue weighted by atomic mass is 9.85. The first-order chi connectivity index (χ1) is 19.6. The minimum absolute atomic E-state index is 0.00736. The van der Waals surface area contributed by atoms with Crippen LogP contribution in [0.1, 0.15) is 66.4 Å². The predicted molar refractivity (Wildman–Crippen MR) is 156 cm³/mol. The highest BCUT2D eigenvalue weighted by Crippen LogP contribution is 2.21. The van der Waals surface area contributed by atoms with E-state index in [1.165, 1.54) is 7.05 Å². The topological polar surface area (TPSA) is 187 Å². The number of ether oxygens (including phenoxy) is 1. The summed E-state index contributed by atoms with van der Waals surface area (Å²) in [5, 5.41) is 19.5. The molecule has 0 heterocycles. The summed E-state index contributed by atoms with van der Waals surface area (Å²) >= 11 is 0. The molecule has 42 heavy (non-hydrogen) atoms. The van der Waals surface area contributed by atoms with Crippen molar-refractivity contribution in [2.24, 2.45) is 17.1 Å². The van der Waals surface area contributed by atoms with E-state index in [0.717, 1.165) is 15.6 Å². The number of carbonyl (C=O) groups excluding carboxylic acids is 5. The maximum absolute atomic E-state index is 13.5. The van der Waals surface area contributed by atoms with Gasteiger partial charge in [-0.25, -0.2) is 14.8 Å². The number of hydrogen-bond acceptors (Lipinski definition) is 8. The highest BCUT2D eigenvalue weighted by molar-refractivity contribution is 5.94. The quantitative estimate of drug-likeness (QED) is 0.136. The van der Waals surface area contributed by atoms with E-state index in [-0.39, 0.29) is 38.3 Å². The van der Waals surface area contributed by atoms with Gasteiger partial charge in [-0.05, 0) is 29.7 Å². The summed E-state index contributed by atoms with van der Waals surface area (Å²) in [4.78, 5) is 63.6. The van der Waals surface area contributed by atoms with Gasteiger partial charge in [0.25, 0.3) is 5.91 Å². The average Bonchev–Trinajstić information content (AvgIpc) is 2.92. The van der Waals surface area contributed by atoms with Crippen LogP contribution >= 0.6 is 0 Å². The second-order valence-electron chi connectivity index (χ2n) is 11.5. The largest absolute Gasteiger partial charge is 0.445 e. The first kappa shape index (κ1) is 35.7. The lowest BCUT2D eigenvalue weighted by Gasteiger charge is -2.35. The molecule has 1 rings (SSSR count). The van der Waals surface area contributed by atoms with E-state index >= 15 is 0 Å². The van der Waals surface area contributed by atoms with E-state index in [1.54, 1.807) is 39.8 Å². The minimum Gasteiger partial charge on any atom is -0.445 e. The molecule has 5 amide bonds. The molecule has 232 valence electrons. The number of nitrogens with one attached hydrogen (secondary N) is 3. The standard InChI is InChI=1S/C29H45N7O6/c1-8-21(33-28(41)42-17-20-12-10-9-11-13-20)25(38)34-24(29(4,5)6)26(39)32-22(16-19(2)3)27(40)35(7)36(18-30)15-14-23(31)37/h9-13,19,21-22,24H,8,14-17H2,1-7H3,(H2,31,37)(H,32,39)(H,33,41)(H,34,38). The number of primary amides is 1. The van der Waals surface area contributed by atoms with Crippen LogP contribution < -0.4 is 21.7 Å². The number of benzene rings is 1. The van der Waals surface area contributed by atoms with Crippen molar-refractivity contribution in [2.75, 3.05) is 13.6 Å². The van der Waals surface area contributed by atoms with Gasteiger partial charge in [-0.1, -0.05) is 71.9 Å². The Bertz CT molecular complexity index is 1110. The van der Waals surface area contributed by atoms with Gasteiger partial charge >= 0.3 is 6.09 Å². The minimum atomic E-state index is -1.07. The fraction of sp³-hybridized carbons (Fsp3) is 0.586. The van der Waals surface area contributed by atoms with Gasteiger partial charge in [-0.2, -0.15) is 5.26 Å². The van der Waals surface area contributed by atoms with Gasteiger partial charge in [0.15, 0.2) is 6.19 Å². The Morgan fingerprint density at radius 2 is 1.62 bits per heavy atom. The van der Waals surface area contributed by atoms with Crippen LogP contribution in [0.15, 0.2) is 30.3 Å². The number of rotatable bonds is 15. The van der Waals surface area contributed by atoms with Crippen molar-refractivity contribution in [2.45, 2.75) is 85.5 Å². The van der Waals surface area contributed by atoms with Crippen LogP contribution in [0, 0.1) is 22.8 Å². The highest BCUT2D eigenvalue weighted by atomic mass is 16.5. The summed E-state index contributed by atoms with van der Waals surface area (Å²) < 4.78 is 5.22. The molecule has 1 aromatic carbocycles. The number of hydrogen-bond donors (Lipinski definition) is 4. The number of nitrogens with two attached hydrogens (primary N) is 1. The Kier molecular flexibility index (Phi) is 14.3. The van der Waals surface area contributed by atoms with Crippen molar-refractivity contribution < 1.29 is 28.7 Å². The smallest absolute Gasteiger partial charge is 0.408 e. The molecule has 0 spiro atoms. The molecule has 0 aliphatic heterocycles. The lowest BCUT2D eigenvalue weighted by molar-refractivity contribution is -0.147. The summed E-state index contributed by atoms with van der Waals surface area (Å²) in [7, 11) is 1.36. The second kappa shape index (κ2) is 16.8. The van der Waals surface area contributed by atoms with Crippen LogP contribution in [0.4, 0.5) is 4.79 Å². The van der Waals surface area contributed by atoms with Gasteiger partial charge in [0.1, 0.15) is 24.7 Å². The second-order valence-corrected chi connectivity index (χ2v) is 11.5. The van der Waals surface area contributed by atoms with Gasteiger partial charge in [0, 0.05) is 13.5 Å². The van der Waals surface area contributed by atoms with Crippen LogP contribution in [-0.2, 0) is 30.5 Å². The molecule has 1 aromatic rings. The van der Waals surface area contributed by atoms with Gasteiger partial charge in [-0.15, -0.1) is 0 Å².